The third-order valence-corrected chi connectivity index (χ3v) is 20.8. The number of aliphatic imine (C=N–C) groups is 3. The van der Waals surface area contributed by atoms with E-state index in [0.717, 1.165) is 35.3 Å². The van der Waals surface area contributed by atoms with Gasteiger partial charge in [0.25, 0.3) is 0 Å². The number of thioether (sulfide) groups is 3. The van der Waals surface area contributed by atoms with E-state index in [1.165, 1.54) is 0 Å². The minimum atomic E-state index is -4.91. The SMILES string of the molecule is C=c1c(Cl)c(Cl)c(Cl)c(SCCOS(=O)(=O)O)/c1=C1\N=C2N=C(N=c3[nH]c(c4c(Cl)c(Cl)c(Cl)c(Cl)c34)=NC3=NC(=NN1)c1c(SCCOS(=O)(=O)O)c(Cl)c(Cl)c(Cl)c13)c1c(SCCOS(=O)(=O)O)c(Cl)c(Cl)c(Cl)c12. The van der Waals surface area contributed by atoms with E-state index in [-0.39, 0.29) is 181 Å². The molecule has 0 saturated carbocycles. The fourth-order valence-electron chi connectivity index (χ4n) is 7.10. The molecule has 410 valence electrons. The van der Waals surface area contributed by atoms with Crippen molar-refractivity contribution in [2.24, 2.45) is 30.1 Å². The molecule has 5 N–H and O–H groups in total. The Kier molecular flexibility index (Phi) is 19.3. The smallest absolute Gasteiger partial charge is 0.324 e. The Hall–Kier alpha value is -1.33. The van der Waals surface area contributed by atoms with Crippen LogP contribution in [0.2, 0.25) is 65.3 Å². The summed E-state index contributed by atoms with van der Waals surface area (Å²) in [5.74, 6) is -2.17. The first-order valence-corrected chi connectivity index (χ1v) is 31.9. The topological polar surface area (TPSA) is 293 Å². The fourth-order valence-corrected chi connectivity index (χ4v) is 14.9. The lowest BCUT2D eigenvalue weighted by molar-refractivity contribution is 0.283. The number of hydrogen-bond donors (Lipinski definition) is 5. The summed E-state index contributed by atoms with van der Waals surface area (Å²) in [5, 5.41) is 1.61. The molecule has 0 radical (unpaired) electrons. The minimum absolute atomic E-state index is 0.00259. The van der Waals surface area contributed by atoms with Crippen molar-refractivity contribution in [1.82, 2.24) is 10.4 Å². The Morgan fingerprint density at radius 1 is 0.429 bits per heavy atom. The van der Waals surface area contributed by atoms with Crippen molar-refractivity contribution < 1.29 is 51.5 Å². The van der Waals surface area contributed by atoms with Gasteiger partial charge in [-0.3, -0.25) is 19.1 Å². The van der Waals surface area contributed by atoms with Crippen LogP contribution in [0.5, 0.6) is 0 Å². The van der Waals surface area contributed by atoms with E-state index in [0.29, 0.717) is 0 Å². The number of nitrogens with one attached hydrogen (secondary N) is 2. The summed E-state index contributed by atoms with van der Waals surface area (Å²) >= 11 is 91.5. The van der Waals surface area contributed by atoms with Crippen LogP contribution in [0.1, 0.15) is 22.3 Å². The number of hydrogen-bond acceptors (Lipinski definition) is 19. The lowest BCUT2D eigenvalue weighted by atomic mass is 10.1. The lowest BCUT2D eigenvalue weighted by Gasteiger charge is -2.16. The molecule has 3 aliphatic rings. The van der Waals surface area contributed by atoms with Gasteiger partial charge in [0, 0.05) is 48.3 Å². The van der Waals surface area contributed by atoms with Crippen LogP contribution in [0.25, 0.3) is 23.2 Å². The highest BCUT2D eigenvalue weighted by molar-refractivity contribution is 8.00. The van der Waals surface area contributed by atoms with Crippen LogP contribution in [0.3, 0.4) is 0 Å². The number of aromatic nitrogens is 1. The number of hydrazone groups is 1. The van der Waals surface area contributed by atoms with Gasteiger partial charge in [-0.1, -0.05) is 157 Å². The van der Waals surface area contributed by atoms with E-state index in [1.54, 1.807) is 0 Å². The summed E-state index contributed by atoms with van der Waals surface area (Å²) in [7, 11) is -14.7. The molecule has 77 heavy (non-hydrogen) atoms. The second-order valence-corrected chi connectivity index (χ2v) is 26.2. The predicted molar refractivity (Wildman–Crippen MR) is 307 cm³/mol. The summed E-state index contributed by atoms with van der Waals surface area (Å²) < 4.78 is 111. The predicted octanol–water partition coefficient (Wildman–Crippen LogP) is 10.7. The molecule has 4 aromatic carbocycles. The highest BCUT2D eigenvalue weighted by atomic mass is 35.5. The van der Waals surface area contributed by atoms with Crippen LogP contribution in [0.4, 0.5) is 0 Å². The van der Waals surface area contributed by atoms with Crippen LogP contribution < -0.4 is 26.8 Å². The Labute approximate surface area is 511 Å². The number of halogens is 13. The van der Waals surface area contributed by atoms with Gasteiger partial charge >= 0.3 is 31.2 Å². The van der Waals surface area contributed by atoms with Crippen molar-refractivity contribution in [1.29, 1.82) is 0 Å². The molecule has 0 spiro atoms. The van der Waals surface area contributed by atoms with Crippen LogP contribution in [0.15, 0.2) is 44.7 Å². The van der Waals surface area contributed by atoms with Crippen LogP contribution in [-0.4, -0.2) is 104 Å². The van der Waals surface area contributed by atoms with Gasteiger partial charge in [0.2, 0.25) is 0 Å². The first-order valence-electron chi connectivity index (χ1n) is 19.9. The quantitative estimate of drug-likeness (QED) is 0.0214. The second-order valence-electron chi connectivity index (χ2n) is 14.7. The maximum Gasteiger partial charge on any atom is 0.397 e. The van der Waals surface area contributed by atoms with E-state index < -0.39 is 51.0 Å². The van der Waals surface area contributed by atoms with Gasteiger partial charge < -0.3 is 4.98 Å². The zero-order valence-corrected chi connectivity index (χ0v) is 51.2. The Morgan fingerprint density at radius 2 is 0.779 bits per heavy atom. The monoisotopic (exact) mass is 1430 g/mol. The van der Waals surface area contributed by atoms with Gasteiger partial charge in [-0.05, 0) is 5.22 Å². The zero-order chi connectivity index (χ0) is 56.5. The number of fused-ring (bicyclic) bond motifs is 13. The molecular formula is C38H19Cl13N8O12S6. The summed E-state index contributed by atoms with van der Waals surface area (Å²) in [6.07, 6.45) is 0. The van der Waals surface area contributed by atoms with Crippen LogP contribution in [-0.2, 0) is 43.7 Å². The molecule has 6 bridgehead atoms. The number of rotatable bonds is 15. The normalized spacial score (nSPS) is 15.2. The molecule has 4 heterocycles. The second kappa shape index (κ2) is 24.1. The maximum absolute atomic E-state index is 11.5. The van der Waals surface area contributed by atoms with E-state index in [1.807, 2.05) is 0 Å². The van der Waals surface area contributed by atoms with E-state index in [2.05, 4.69) is 34.6 Å². The Balaban J connectivity index is 1.55. The number of nitrogens with zero attached hydrogens (tertiary/aromatic N) is 6. The molecule has 20 nitrogen and oxygen atoms in total. The molecular weight excluding hydrogens is 1410 g/mol. The molecule has 8 rings (SSSR count). The molecule has 5 aromatic rings. The number of amidine groups is 4. The Bertz CT molecular complexity index is 4210. The molecule has 0 amide bonds. The molecule has 39 heteroatoms. The molecule has 3 aliphatic heterocycles. The van der Waals surface area contributed by atoms with Crippen molar-refractivity contribution in [3.8, 4) is 0 Å². The average Bonchev–Trinajstić information content (AvgIpc) is 4.16. The largest absolute Gasteiger partial charge is 0.397 e. The lowest BCUT2D eigenvalue weighted by Crippen LogP contribution is -2.33. The van der Waals surface area contributed by atoms with Gasteiger partial charge in [-0.15, -0.1) is 35.3 Å². The molecule has 0 atom stereocenters. The first kappa shape index (κ1) is 61.7. The van der Waals surface area contributed by atoms with Gasteiger partial charge in [-0.2, -0.15) is 30.4 Å². The fraction of sp³-hybridized carbons (Fsp3) is 0.158. The van der Waals surface area contributed by atoms with Gasteiger partial charge in [0.15, 0.2) is 29.2 Å². The summed E-state index contributed by atoms with van der Waals surface area (Å²) in [6.45, 7) is 2.34. The van der Waals surface area contributed by atoms with Crippen LogP contribution in [0, 0.1) is 0 Å². The standard InChI is InChI=1S/C38H19Cl13N8O12S6/c1-8-9(29(26(49)21(44)16(8)39)72-5-2-69-75(60,61)62)37-56-34-12-14(30(27(50)24(47)19(12)42)73-6-3-70-76(63,64)65)36(55-34)54-33-11-10(17(40)22(45)23(46)18(11)41)32(52-33)53-35-13-15(38(57-35)59-58-37)31(28(51)25(48)20(13)43)74-7-4-71-77(66,67)68/h58H,1-7H2,(H,60,61,62)(H,63,64,65)(H,66,67,68)(H,52,53,54,55,56,57,59)/b37-9+. The minimum Gasteiger partial charge on any atom is -0.324 e. The number of benzene rings is 4. The molecule has 0 unspecified atom stereocenters. The highest BCUT2D eigenvalue weighted by Gasteiger charge is 2.36. The van der Waals surface area contributed by atoms with Crippen molar-refractivity contribution in [2.75, 3.05) is 37.1 Å². The van der Waals surface area contributed by atoms with Crippen molar-refractivity contribution in [3.05, 3.63) is 109 Å². The summed E-state index contributed by atoms with van der Waals surface area (Å²) in [6, 6.07) is 0. The summed E-state index contributed by atoms with van der Waals surface area (Å²) in [5.41, 5.74) is 2.44. The van der Waals surface area contributed by atoms with Crippen LogP contribution >= 0.6 is 186 Å². The maximum atomic E-state index is 11.5. The highest BCUT2D eigenvalue weighted by Crippen LogP contribution is 2.49. The third-order valence-electron chi connectivity index (χ3n) is 10.1. The van der Waals surface area contributed by atoms with E-state index in [9.17, 15) is 38.9 Å². The van der Waals surface area contributed by atoms with Gasteiger partial charge in [0.1, 0.15) is 11.0 Å². The van der Waals surface area contributed by atoms with E-state index in [4.69, 9.17) is 176 Å². The molecule has 0 saturated heterocycles. The van der Waals surface area contributed by atoms with Gasteiger partial charge in [0.05, 0.1) is 107 Å². The molecule has 0 aliphatic carbocycles. The number of aromatic amines is 1. The Morgan fingerprint density at radius 3 is 1.22 bits per heavy atom. The van der Waals surface area contributed by atoms with Crippen molar-refractivity contribution in [3.63, 3.8) is 0 Å². The average molecular weight is 1430 g/mol. The zero-order valence-electron chi connectivity index (χ0n) is 36.5. The summed E-state index contributed by atoms with van der Waals surface area (Å²) in [4.78, 5) is 27.3. The molecule has 0 fully saturated rings. The first-order chi connectivity index (χ1) is 35.9. The van der Waals surface area contributed by atoms with Crippen molar-refractivity contribution >= 4 is 264 Å². The molecule has 1 aromatic heterocycles. The van der Waals surface area contributed by atoms with Crippen molar-refractivity contribution in [2.45, 2.75) is 14.7 Å². The van der Waals surface area contributed by atoms with E-state index >= 15 is 0 Å². The third kappa shape index (κ3) is 12.8. The number of H-pyrrole nitrogens is 1. The van der Waals surface area contributed by atoms with Gasteiger partial charge in [-0.25, -0.2) is 37.5 Å².